The highest BCUT2D eigenvalue weighted by Crippen LogP contribution is 2.35. The third kappa shape index (κ3) is 22.0. The predicted octanol–water partition coefficient (Wildman–Crippen LogP) is 7.21. The van der Waals surface area contributed by atoms with E-state index in [0.717, 1.165) is 0 Å². The maximum absolute atomic E-state index is 3.41. The zero-order chi connectivity index (χ0) is 16.9. The van der Waals surface area contributed by atoms with Crippen molar-refractivity contribution in [3.8, 4) is 0 Å². The van der Waals surface area contributed by atoms with Crippen LogP contribution in [0, 0.1) is 0 Å². The molecule has 0 aliphatic rings. The predicted molar refractivity (Wildman–Crippen MR) is 120 cm³/mol. The van der Waals surface area contributed by atoms with Crippen LogP contribution in [0.25, 0.3) is 0 Å². The molecule has 0 aliphatic heterocycles. The molecule has 0 amide bonds. The second kappa shape index (κ2) is 14.2. The van der Waals surface area contributed by atoms with E-state index in [2.05, 4.69) is 51.0 Å². The average molecular weight is 421 g/mol. The van der Waals surface area contributed by atoms with Crippen LogP contribution in [-0.2, 0) is 0 Å². The van der Waals surface area contributed by atoms with Crippen molar-refractivity contribution in [1.82, 2.24) is 9.44 Å². The molecule has 8 heteroatoms. The molecule has 0 heterocycles. The number of hydrogen-bond acceptors (Lipinski definition) is 8. The molecule has 0 spiro atoms. The van der Waals surface area contributed by atoms with Gasteiger partial charge in [-0.05, 0) is 74.0 Å². The number of rotatable bonds is 13. The van der Waals surface area contributed by atoms with Crippen molar-refractivity contribution in [1.29, 1.82) is 0 Å². The minimum absolute atomic E-state index is 0.203. The fourth-order valence-electron chi connectivity index (χ4n) is 1.08. The molecule has 0 fully saturated rings. The Bertz CT molecular complexity index is 227. The van der Waals surface area contributed by atoms with Crippen LogP contribution in [-0.4, -0.2) is 22.6 Å². The molecule has 0 aromatic carbocycles. The molecule has 2 nitrogen and oxygen atoms in total. The van der Waals surface area contributed by atoms with E-state index in [-0.39, 0.29) is 11.1 Å². The third-order valence-corrected chi connectivity index (χ3v) is 10.1. The summed E-state index contributed by atoms with van der Waals surface area (Å²) in [4.78, 5) is 0. The third-order valence-electron chi connectivity index (χ3n) is 2.07. The van der Waals surface area contributed by atoms with Gasteiger partial charge >= 0.3 is 0 Å². The van der Waals surface area contributed by atoms with Gasteiger partial charge in [-0.3, -0.25) is 0 Å². The molecule has 0 aliphatic carbocycles. The lowest BCUT2D eigenvalue weighted by atomic mass is 10.1. The molecule has 0 aromatic heterocycles. The summed E-state index contributed by atoms with van der Waals surface area (Å²) in [6.45, 7) is 13.2. The van der Waals surface area contributed by atoms with Gasteiger partial charge in [-0.25, -0.2) is 9.44 Å². The highest BCUT2D eigenvalue weighted by Gasteiger charge is 2.09. The number of nitrogens with one attached hydrogen (secondary N) is 2. The Morgan fingerprint density at radius 1 is 0.591 bits per heavy atom. The van der Waals surface area contributed by atoms with Crippen molar-refractivity contribution in [2.24, 2.45) is 0 Å². The SMILES string of the molecule is CC(C)(C)NSSSCCCCCCSSSNC(C)(C)C. The van der Waals surface area contributed by atoms with Gasteiger partial charge in [-0.15, -0.1) is 0 Å². The smallest absolute Gasteiger partial charge is 0.0206 e. The van der Waals surface area contributed by atoms with Crippen molar-refractivity contribution < 1.29 is 0 Å². The maximum Gasteiger partial charge on any atom is 0.0206 e. The molecule has 0 radical (unpaired) electrons. The molecule has 0 saturated heterocycles. The van der Waals surface area contributed by atoms with Crippen LogP contribution in [0.3, 0.4) is 0 Å². The Labute approximate surface area is 161 Å². The van der Waals surface area contributed by atoms with E-state index in [1.54, 1.807) is 22.0 Å². The van der Waals surface area contributed by atoms with Gasteiger partial charge in [0.15, 0.2) is 0 Å². The van der Waals surface area contributed by atoms with Gasteiger partial charge in [-0.1, -0.05) is 34.4 Å². The van der Waals surface area contributed by atoms with Gasteiger partial charge in [0.25, 0.3) is 0 Å². The van der Waals surface area contributed by atoms with Crippen LogP contribution in [0.2, 0.25) is 0 Å². The van der Waals surface area contributed by atoms with Crippen LogP contribution in [0.4, 0.5) is 0 Å². The summed E-state index contributed by atoms with van der Waals surface area (Å²) in [5.74, 6) is 2.52. The standard InChI is InChI=1S/C14H32N2S6/c1-13(2,3)15-19-21-17-11-9-7-8-10-12-18-22-20-16-14(4,5)6/h15-16H,7-12H2,1-6H3. The summed E-state index contributed by atoms with van der Waals surface area (Å²) in [6.07, 6.45) is 5.41. The van der Waals surface area contributed by atoms with Crippen molar-refractivity contribution in [3.05, 3.63) is 0 Å². The molecule has 22 heavy (non-hydrogen) atoms. The number of hydrogen-bond donors (Lipinski definition) is 2. The topological polar surface area (TPSA) is 24.1 Å². The Kier molecular flexibility index (Phi) is 15.5. The molecule has 2 N–H and O–H groups in total. The van der Waals surface area contributed by atoms with Crippen molar-refractivity contribution in [2.45, 2.75) is 78.3 Å². The molecule has 0 atom stereocenters. The first-order valence-corrected chi connectivity index (χ1v) is 15.0. The average Bonchev–Trinajstić information content (AvgIpc) is 2.36. The normalized spacial score (nSPS) is 12.8. The van der Waals surface area contributed by atoms with E-state index in [1.807, 2.05) is 41.2 Å². The van der Waals surface area contributed by atoms with Gasteiger partial charge in [0, 0.05) is 44.5 Å². The van der Waals surface area contributed by atoms with E-state index >= 15 is 0 Å². The van der Waals surface area contributed by atoms with E-state index < -0.39 is 0 Å². The van der Waals surface area contributed by atoms with E-state index in [9.17, 15) is 0 Å². The van der Waals surface area contributed by atoms with Crippen LogP contribution >= 0.6 is 63.2 Å². The van der Waals surface area contributed by atoms with E-state index in [4.69, 9.17) is 0 Å². The first-order chi connectivity index (χ1) is 10.2. The van der Waals surface area contributed by atoms with E-state index in [0.29, 0.717) is 0 Å². The van der Waals surface area contributed by atoms with Crippen LogP contribution in [0.5, 0.6) is 0 Å². The maximum atomic E-state index is 3.41. The zero-order valence-corrected chi connectivity index (χ0v) is 19.6. The molecule has 0 aromatic rings. The second-order valence-corrected chi connectivity index (χ2v) is 15.0. The second-order valence-electron chi connectivity index (χ2n) is 7.07. The van der Waals surface area contributed by atoms with Gasteiger partial charge in [0.05, 0.1) is 0 Å². The fraction of sp³-hybridized carbons (Fsp3) is 1.00. The monoisotopic (exact) mass is 420 g/mol. The van der Waals surface area contributed by atoms with Crippen molar-refractivity contribution >= 4 is 63.2 Å². The molecule has 0 rings (SSSR count). The zero-order valence-electron chi connectivity index (χ0n) is 14.7. The minimum Gasteiger partial charge on any atom is -0.249 e. The summed E-state index contributed by atoms with van der Waals surface area (Å²) in [7, 11) is 11.2. The fourth-order valence-corrected chi connectivity index (χ4v) is 8.33. The largest absolute Gasteiger partial charge is 0.249 e. The molecule has 0 saturated carbocycles. The summed E-state index contributed by atoms with van der Waals surface area (Å²) in [5.41, 5.74) is 0.406. The Morgan fingerprint density at radius 2 is 0.955 bits per heavy atom. The first-order valence-electron chi connectivity index (χ1n) is 7.65. The highest BCUT2D eigenvalue weighted by molar-refractivity contribution is 9.09. The summed E-state index contributed by atoms with van der Waals surface area (Å²) in [6, 6.07) is 0. The lowest BCUT2D eigenvalue weighted by Crippen LogP contribution is -2.28. The molecular weight excluding hydrogens is 389 g/mol. The minimum atomic E-state index is 0.203. The summed E-state index contributed by atoms with van der Waals surface area (Å²) in [5, 5.41) is 0. The van der Waals surface area contributed by atoms with Gasteiger partial charge in [-0.2, -0.15) is 0 Å². The van der Waals surface area contributed by atoms with Crippen LogP contribution < -0.4 is 9.44 Å². The summed E-state index contributed by atoms with van der Waals surface area (Å²) >= 11 is 0. The molecular formula is C14H32N2S6. The Morgan fingerprint density at radius 3 is 1.27 bits per heavy atom. The van der Waals surface area contributed by atoms with Crippen molar-refractivity contribution in [3.63, 3.8) is 0 Å². The first kappa shape index (κ1) is 24.0. The van der Waals surface area contributed by atoms with Crippen LogP contribution in [0.15, 0.2) is 0 Å². The Hall–Kier alpha value is 2.02. The lowest BCUT2D eigenvalue weighted by molar-refractivity contribution is 0.537. The van der Waals surface area contributed by atoms with Crippen molar-refractivity contribution in [2.75, 3.05) is 11.5 Å². The molecule has 134 valence electrons. The lowest BCUT2D eigenvalue weighted by Gasteiger charge is -2.18. The van der Waals surface area contributed by atoms with Gasteiger partial charge < -0.3 is 0 Å². The Balaban J connectivity index is 3.09. The molecule has 0 unspecified atom stereocenters. The van der Waals surface area contributed by atoms with E-state index in [1.165, 1.54) is 37.2 Å². The highest BCUT2D eigenvalue weighted by atomic mass is 33.5. The van der Waals surface area contributed by atoms with Gasteiger partial charge in [0.2, 0.25) is 0 Å². The van der Waals surface area contributed by atoms with Gasteiger partial charge in [0.1, 0.15) is 0 Å². The molecule has 0 bridgehead atoms. The summed E-state index contributed by atoms with van der Waals surface area (Å²) < 4.78 is 6.83. The number of unbranched alkanes of at least 4 members (excludes halogenated alkanes) is 3. The quantitative estimate of drug-likeness (QED) is 0.183. The van der Waals surface area contributed by atoms with Crippen LogP contribution in [0.1, 0.15) is 67.2 Å².